The molecule has 0 spiro atoms. The molecule has 2 rings (SSSR count). The zero-order chi connectivity index (χ0) is 17.4. The number of benzene rings is 1. The Hall–Kier alpha value is -1.88. The fourth-order valence-corrected chi connectivity index (χ4v) is 3.15. The maximum absolute atomic E-state index is 12.2. The Morgan fingerprint density at radius 3 is 2.42 bits per heavy atom. The van der Waals surface area contributed by atoms with Crippen molar-refractivity contribution in [1.82, 2.24) is 10.2 Å². The number of likely N-dealkylation sites (tertiary alicyclic amines) is 1. The monoisotopic (exact) mass is 332 g/mol. The molecule has 0 atom stereocenters. The lowest BCUT2D eigenvalue weighted by Crippen LogP contribution is -2.40. The van der Waals surface area contributed by atoms with Gasteiger partial charge in [0.2, 0.25) is 5.91 Å². The van der Waals surface area contributed by atoms with Gasteiger partial charge >= 0.3 is 0 Å². The van der Waals surface area contributed by atoms with Gasteiger partial charge in [-0.25, -0.2) is 0 Å². The largest absolute Gasteiger partial charge is 0.497 e. The lowest BCUT2D eigenvalue weighted by Gasteiger charge is -2.32. The van der Waals surface area contributed by atoms with Crippen molar-refractivity contribution >= 4 is 11.7 Å². The van der Waals surface area contributed by atoms with E-state index < -0.39 is 0 Å². The summed E-state index contributed by atoms with van der Waals surface area (Å²) >= 11 is 0. The van der Waals surface area contributed by atoms with E-state index in [1.807, 2.05) is 11.9 Å². The summed E-state index contributed by atoms with van der Waals surface area (Å²) in [5.41, 5.74) is 0.677. The smallest absolute Gasteiger partial charge is 0.222 e. The zero-order valence-corrected chi connectivity index (χ0v) is 14.7. The highest BCUT2D eigenvalue weighted by atomic mass is 16.5. The molecule has 0 bridgehead atoms. The summed E-state index contributed by atoms with van der Waals surface area (Å²) in [5.74, 6) is 1.68. The molecule has 1 N–H and O–H groups in total. The molecule has 1 aliphatic rings. The van der Waals surface area contributed by atoms with Gasteiger partial charge in [-0.2, -0.15) is 0 Å². The maximum Gasteiger partial charge on any atom is 0.222 e. The van der Waals surface area contributed by atoms with Crippen molar-refractivity contribution in [2.45, 2.75) is 32.1 Å². The fraction of sp³-hybridized carbons (Fsp3) is 0.579. The molecule has 1 heterocycles. The fourth-order valence-electron chi connectivity index (χ4n) is 3.15. The number of ketones is 1. The molecule has 24 heavy (non-hydrogen) atoms. The minimum Gasteiger partial charge on any atom is -0.497 e. The SMILES string of the molecule is CNCC1CCN(C(=O)CCCC(=O)c2ccc(OC)cc2)CC1. The van der Waals surface area contributed by atoms with Gasteiger partial charge in [-0.3, -0.25) is 9.59 Å². The van der Waals surface area contributed by atoms with E-state index in [0.717, 1.165) is 38.2 Å². The summed E-state index contributed by atoms with van der Waals surface area (Å²) in [7, 11) is 3.57. The molecule has 1 aliphatic heterocycles. The minimum absolute atomic E-state index is 0.0816. The van der Waals surface area contributed by atoms with Crippen LogP contribution in [0, 0.1) is 5.92 Å². The van der Waals surface area contributed by atoms with Crippen molar-refractivity contribution in [3.05, 3.63) is 29.8 Å². The molecular weight excluding hydrogens is 304 g/mol. The maximum atomic E-state index is 12.2. The Morgan fingerprint density at radius 2 is 1.83 bits per heavy atom. The van der Waals surface area contributed by atoms with Gasteiger partial charge in [0.15, 0.2) is 5.78 Å². The highest BCUT2D eigenvalue weighted by Crippen LogP contribution is 2.18. The van der Waals surface area contributed by atoms with Gasteiger partial charge in [0.05, 0.1) is 7.11 Å². The van der Waals surface area contributed by atoms with Crippen molar-refractivity contribution in [1.29, 1.82) is 0 Å². The van der Waals surface area contributed by atoms with E-state index in [1.165, 1.54) is 0 Å². The van der Waals surface area contributed by atoms with Gasteiger partial charge in [0.1, 0.15) is 5.75 Å². The van der Waals surface area contributed by atoms with Gasteiger partial charge in [-0.1, -0.05) is 0 Å². The third-order valence-corrected chi connectivity index (χ3v) is 4.67. The van der Waals surface area contributed by atoms with Crippen molar-refractivity contribution < 1.29 is 14.3 Å². The molecule has 1 aromatic rings. The quantitative estimate of drug-likeness (QED) is 0.743. The third-order valence-electron chi connectivity index (χ3n) is 4.67. The van der Waals surface area contributed by atoms with Gasteiger partial charge in [0.25, 0.3) is 0 Å². The van der Waals surface area contributed by atoms with E-state index in [9.17, 15) is 9.59 Å². The van der Waals surface area contributed by atoms with Crippen LogP contribution >= 0.6 is 0 Å². The average Bonchev–Trinajstić information content (AvgIpc) is 2.62. The number of rotatable bonds is 8. The molecule has 0 radical (unpaired) electrons. The molecule has 1 aromatic carbocycles. The minimum atomic E-state index is 0.0816. The number of hydrogen-bond acceptors (Lipinski definition) is 4. The van der Waals surface area contributed by atoms with E-state index in [2.05, 4.69) is 5.32 Å². The summed E-state index contributed by atoms with van der Waals surface area (Å²) in [4.78, 5) is 26.3. The Balaban J connectivity index is 1.69. The number of nitrogens with zero attached hydrogens (tertiary/aromatic N) is 1. The van der Waals surface area contributed by atoms with E-state index in [0.29, 0.717) is 30.7 Å². The van der Waals surface area contributed by atoms with E-state index in [4.69, 9.17) is 4.74 Å². The number of piperidine rings is 1. The first-order valence-corrected chi connectivity index (χ1v) is 8.73. The number of hydrogen-bond donors (Lipinski definition) is 1. The summed E-state index contributed by atoms with van der Waals surface area (Å²) in [6.45, 7) is 2.72. The van der Waals surface area contributed by atoms with Gasteiger partial charge < -0.3 is 15.0 Å². The first-order valence-electron chi connectivity index (χ1n) is 8.73. The van der Waals surface area contributed by atoms with Gasteiger partial charge in [-0.15, -0.1) is 0 Å². The Bertz CT molecular complexity index is 534. The topological polar surface area (TPSA) is 58.6 Å². The van der Waals surface area contributed by atoms with Crippen LogP contribution in [0.4, 0.5) is 0 Å². The van der Waals surface area contributed by atoms with Gasteiger partial charge in [0, 0.05) is 31.5 Å². The van der Waals surface area contributed by atoms with Crippen LogP contribution in [0.25, 0.3) is 0 Å². The van der Waals surface area contributed by atoms with Crippen LogP contribution in [0.3, 0.4) is 0 Å². The van der Waals surface area contributed by atoms with E-state index in [-0.39, 0.29) is 11.7 Å². The summed E-state index contributed by atoms with van der Waals surface area (Å²) in [6, 6.07) is 7.12. The van der Waals surface area contributed by atoms with Crippen molar-refractivity contribution in [2.75, 3.05) is 33.8 Å². The standard InChI is InChI=1S/C19H28N2O3/c1-20-14-15-10-12-21(13-11-15)19(23)5-3-4-18(22)16-6-8-17(24-2)9-7-16/h6-9,15,20H,3-5,10-14H2,1-2H3. The van der Waals surface area contributed by atoms with Crippen molar-refractivity contribution in [2.24, 2.45) is 5.92 Å². The molecule has 132 valence electrons. The zero-order valence-electron chi connectivity index (χ0n) is 14.7. The molecular formula is C19H28N2O3. The molecule has 0 saturated carbocycles. The molecule has 0 aromatic heterocycles. The van der Waals surface area contributed by atoms with Crippen LogP contribution in [0.15, 0.2) is 24.3 Å². The molecule has 1 amide bonds. The summed E-state index contributed by atoms with van der Waals surface area (Å²) in [6.07, 6.45) is 3.61. The molecule has 5 nitrogen and oxygen atoms in total. The van der Waals surface area contributed by atoms with Crippen LogP contribution in [-0.2, 0) is 4.79 Å². The lowest BCUT2D eigenvalue weighted by atomic mass is 9.96. The second-order valence-corrected chi connectivity index (χ2v) is 6.39. The van der Waals surface area contributed by atoms with Gasteiger partial charge in [-0.05, 0) is 63.0 Å². The second-order valence-electron chi connectivity index (χ2n) is 6.39. The van der Waals surface area contributed by atoms with Crippen LogP contribution < -0.4 is 10.1 Å². The second kappa shape index (κ2) is 9.42. The third kappa shape index (κ3) is 5.34. The number of methoxy groups -OCH3 is 1. The predicted molar refractivity (Wildman–Crippen MR) is 94.4 cm³/mol. The molecule has 1 saturated heterocycles. The summed E-state index contributed by atoms with van der Waals surface area (Å²) in [5, 5.41) is 3.20. The Kier molecular flexibility index (Phi) is 7.25. The highest BCUT2D eigenvalue weighted by molar-refractivity contribution is 5.96. The first-order chi connectivity index (χ1) is 11.6. The van der Waals surface area contributed by atoms with E-state index >= 15 is 0 Å². The molecule has 1 fully saturated rings. The average molecular weight is 332 g/mol. The number of Topliss-reactive ketones (excluding diaryl/α,β-unsaturated/α-hetero) is 1. The van der Waals surface area contributed by atoms with Crippen LogP contribution in [-0.4, -0.2) is 50.4 Å². The van der Waals surface area contributed by atoms with E-state index in [1.54, 1.807) is 31.4 Å². The molecule has 0 aliphatic carbocycles. The lowest BCUT2D eigenvalue weighted by molar-refractivity contribution is -0.132. The number of carbonyl (C=O) groups excluding carboxylic acids is 2. The Labute approximate surface area is 144 Å². The Morgan fingerprint density at radius 1 is 1.17 bits per heavy atom. The number of ether oxygens (including phenoxy) is 1. The van der Waals surface area contributed by atoms with Crippen LogP contribution in [0.1, 0.15) is 42.5 Å². The summed E-state index contributed by atoms with van der Waals surface area (Å²) < 4.78 is 5.09. The number of amides is 1. The molecule has 0 unspecified atom stereocenters. The normalized spacial score (nSPS) is 15.3. The highest BCUT2D eigenvalue weighted by Gasteiger charge is 2.22. The van der Waals surface area contributed by atoms with Crippen LogP contribution in [0.2, 0.25) is 0 Å². The number of carbonyl (C=O) groups is 2. The van der Waals surface area contributed by atoms with Crippen molar-refractivity contribution in [3.8, 4) is 5.75 Å². The molecule has 5 heteroatoms. The van der Waals surface area contributed by atoms with Crippen LogP contribution in [0.5, 0.6) is 5.75 Å². The van der Waals surface area contributed by atoms with Crippen molar-refractivity contribution in [3.63, 3.8) is 0 Å². The first kappa shape index (κ1) is 18.5. The number of nitrogens with one attached hydrogen (secondary N) is 1. The predicted octanol–water partition coefficient (Wildman–Crippen LogP) is 2.51.